The number of carbonyl (C=O) groups excluding carboxylic acids is 1. The Labute approximate surface area is 274 Å². The molecule has 0 saturated carbocycles. The molecule has 0 fully saturated rings. The SMILES string of the molecule is CC[C@H](C)[C@@H](CN(Cc1cccc(Cl)c1Cl)C(=S)Nc1ccc(C)cc1)NC(=O)Cc1cncn1Cc1ccc(C#N)cc1. The van der Waals surface area contributed by atoms with Crippen LogP contribution in [0.3, 0.4) is 0 Å². The van der Waals surface area contributed by atoms with Crippen LogP contribution in [0.1, 0.15) is 48.2 Å². The van der Waals surface area contributed by atoms with Crippen molar-refractivity contribution in [3.63, 3.8) is 0 Å². The van der Waals surface area contributed by atoms with Crippen molar-refractivity contribution in [2.45, 2.75) is 52.7 Å². The van der Waals surface area contributed by atoms with E-state index in [0.29, 0.717) is 40.4 Å². The summed E-state index contributed by atoms with van der Waals surface area (Å²) in [6.45, 7) is 7.70. The predicted molar refractivity (Wildman–Crippen MR) is 182 cm³/mol. The second kappa shape index (κ2) is 15.7. The van der Waals surface area contributed by atoms with E-state index in [2.05, 4.69) is 35.5 Å². The summed E-state index contributed by atoms with van der Waals surface area (Å²) in [5.74, 6) is 0.0667. The van der Waals surface area contributed by atoms with Crippen LogP contribution in [-0.4, -0.2) is 38.1 Å². The van der Waals surface area contributed by atoms with Crippen LogP contribution in [0.4, 0.5) is 5.69 Å². The molecule has 2 N–H and O–H groups in total. The van der Waals surface area contributed by atoms with Crippen LogP contribution >= 0.6 is 35.4 Å². The van der Waals surface area contributed by atoms with E-state index >= 15 is 0 Å². The highest BCUT2D eigenvalue weighted by molar-refractivity contribution is 7.80. The number of thiocarbonyl (C=S) groups is 1. The van der Waals surface area contributed by atoms with E-state index in [9.17, 15) is 4.79 Å². The highest BCUT2D eigenvalue weighted by Crippen LogP contribution is 2.27. The zero-order valence-electron chi connectivity index (χ0n) is 25.1. The van der Waals surface area contributed by atoms with Crippen molar-refractivity contribution in [1.29, 1.82) is 5.26 Å². The standard InChI is InChI=1S/C34H36Cl2N6OS/c1-4-24(3)31(40-32(43)16-29-18-38-22-42(29)19-26-12-10-25(17-37)11-13-26)21-41(20-27-6-5-7-30(35)33(27)36)34(44)39-28-14-8-23(2)9-15-28/h5-15,18,22,24,31H,4,16,19-21H2,1-3H3,(H,39,44)(H,40,43)/t24-,31+/m0/s1. The molecule has 0 radical (unpaired) electrons. The summed E-state index contributed by atoms with van der Waals surface area (Å²) in [6, 6.07) is 22.9. The Morgan fingerprint density at radius 2 is 1.84 bits per heavy atom. The van der Waals surface area contributed by atoms with Crippen LogP contribution in [0.15, 0.2) is 79.3 Å². The van der Waals surface area contributed by atoms with Crippen LogP contribution < -0.4 is 10.6 Å². The van der Waals surface area contributed by atoms with Crippen molar-refractivity contribution < 1.29 is 4.79 Å². The van der Waals surface area contributed by atoms with Gasteiger partial charge in [-0.15, -0.1) is 0 Å². The first-order chi connectivity index (χ1) is 21.2. The maximum absolute atomic E-state index is 13.5. The number of nitrogens with zero attached hydrogens (tertiary/aromatic N) is 4. The molecule has 0 bridgehead atoms. The van der Waals surface area contributed by atoms with Crippen LogP contribution in [0.5, 0.6) is 0 Å². The Bertz CT molecular complexity index is 1610. The number of nitriles is 1. The number of amides is 1. The number of imidazole rings is 1. The molecule has 0 spiro atoms. The van der Waals surface area contributed by atoms with Gasteiger partial charge >= 0.3 is 0 Å². The Balaban J connectivity index is 1.51. The molecular weight excluding hydrogens is 611 g/mol. The molecule has 4 rings (SSSR count). The van der Waals surface area contributed by atoms with Crippen molar-refractivity contribution in [3.05, 3.63) is 117 Å². The number of aryl methyl sites for hydroxylation is 1. The molecule has 1 amide bonds. The lowest BCUT2D eigenvalue weighted by Gasteiger charge is -2.33. The lowest BCUT2D eigenvalue weighted by Crippen LogP contribution is -2.50. The number of anilines is 1. The molecule has 0 aliphatic carbocycles. The molecule has 3 aromatic carbocycles. The maximum atomic E-state index is 13.5. The number of hydrogen-bond acceptors (Lipinski definition) is 4. The third-order valence-electron chi connectivity index (χ3n) is 7.65. The molecule has 44 heavy (non-hydrogen) atoms. The van der Waals surface area contributed by atoms with E-state index in [1.54, 1.807) is 30.7 Å². The van der Waals surface area contributed by atoms with Gasteiger partial charge in [-0.3, -0.25) is 4.79 Å². The molecule has 1 heterocycles. The molecule has 4 aromatic rings. The minimum Gasteiger partial charge on any atom is -0.351 e. The fraction of sp³-hybridized carbons (Fsp3) is 0.294. The molecule has 7 nitrogen and oxygen atoms in total. The van der Waals surface area contributed by atoms with Gasteiger partial charge in [0.1, 0.15) is 0 Å². The van der Waals surface area contributed by atoms with Crippen LogP contribution in [-0.2, 0) is 24.3 Å². The van der Waals surface area contributed by atoms with Gasteiger partial charge in [-0.05, 0) is 66.5 Å². The zero-order valence-corrected chi connectivity index (χ0v) is 27.4. The molecule has 0 saturated heterocycles. The van der Waals surface area contributed by atoms with Crippen molar-refractivity contribution >= 4 is 52.1 Å². The predicted octanol–water partition coefficient (Wildman–Crippen LogP) is 7.39. The highest BCUT2D eigenvalue weighted by Gasteiger charge is 2.25. The number of aromatic nitrogens is 2. The lowest BCUT2D eigenvalue weighted by molar-refractivity contribution is -0.121. The minimum atomic E-state index is -0.196. The molecule has 10 heteroatoms. The fourth-order valence-electron chi connectivity index (χ4n) is 4.77. The fourth-order valence-corrected chi connectivity index (χ4v) is 5.40. The largest absolute Gasteiger partial charge is 0.351 e. The van der Waals surface area contributed by atoms with Gasteiger partial charge in [0.2, 0.25) is 5.91 Å². The Morgan fingerprint density at radius 1 is 1.11 bits per heavy atom. The summed E-state index contributed by atoms with van der Waals surface area (Å²) < 4.78 is 1.95. The van der Waals surface area contributed by atoms with E-state index in [1.807, 2.05) is 64.9 Å². The van der Waals surface area contributed by atoms with E-state index < -0.39 is 0 Å². The van der Waals surface area contributed by atoms with Crippen molar-refractivity contribution in [2.75, 3.05) is 11.9 Å². The number of rotatable bonds is 12. The number of halogens is 2. The van der Waals surface area contributed by atoms with Crippen LogP contribution in [0, 0.1) is 24.2 Å². The number of hydrogen-bond donors (Lipinski definition) is 2. The van der Waals surface area contributed by atoms with Crippen LogP contribution in [0.25, 0.3) is 0 Å². The molecule has 1 aromatic heterocycles. The van der Waals surface area contributed by atoms with Crippen molar-refractivity contribution in [3.8, 4) is 6.07 Å². The number of benzene rings is 3. The van der Waals surface area contributed by atoms with Gasteiger partial charge < -0.3 is 20.1 Å². The first-order valence-electron chi connectivity index (χ1n) is 14.5. The normalized spacial score (nSPS) is 12.2. The average Bonchev–Trinajstić information content (AvgIpc) is 3.45. The Morgan fingerprint density at radius 3 is 2.52 bits per heavy atom. The first kappa shape index (κ1) is 33.0. The second-order valence-corrected chi connectivity index (χ2v) is 12.1. The quantitative estimate of drug-likeness (QED) is 0.156. The molecule has 0 aliphatic rings. The van der Waals surface area contributed by atoms with Gasteiger partial charge in [-0.25, -0.2) is 4.98 Å². The van der Waals surface area contributed by atoms with Crippen molar-refractivity contribution in [2.24, 2.45) is 5.92 Å². The Kier molecular flexibility index (Phi) is 11.8. The topological polar surface area (TPSA) is 86.0 Å². The van der Waals surface area contributed by atoms with Gasteiger partial charge in [-0.2, -0.15) is 5.26 Å². The summed E-state index contributed by atoms with van der Waals surface area (Å²) in [6.07, 6.45) is 4.48. The van der Waals surface area contributed by atoms with Gasteiger partial charge in [0, 0.05) is 43.3 Å². The van der Waals surface area contributed by atoms with Gasteiger partial charge in [0.25, 0.3) is 0 Å². The Hall–Kier alpha value is -3.90. The van der Waals surface area contributed by atoms with E-state index in [1.165, 1.54) is 0 Å². The number of nitrogens with one attached hydrogen (secondary N) is 2. The van der Waals surface area contributed by atoms with Gasteiger partial charge in [0.15, 0.2) is 5.11 Å². The summed E-state index contributed by atoms with van der Waals surface area (Å²) in [4.78, 5) is 19.8. The molecule has 0 unspecified atom stereocenters. The molecule has 228 valence electrons. The summed E-state index contributed by atoms with van der Waals surface area (Å²) in [5.41, 5.74) is 5.30. The lowest BCUT2D eigenvalue weighted by atomic mass is 9.98. The van der Waals surface area contributed by atoms with Crippen LogP contribution in [0.2, 0.25) is 10.0 Å². The van der Waals surface area contributed by atoms with Crippen molar-refractivity contribution in [1.82, 2.24) is 19.8 Å². The summed E-state index contributed by atoms with van der Waals surface area (Å²) >= 11 is 18.8. The van der Waals surface area contributed by atoms with E-state index in [-0.39, 0.29) is 24.3 Å². The molecule has 0 aliphatic heterocycles. The summed E-state index contributed by atoms with van der Waals surface area (Å²) in [5, 5.41) is 17.2. The first-order valence-corrected chi connectivity index (χ1v) is 15.7. The zero-order chi connectivity index (χ0) is 31.6. The van der Waals surface area contributed by atoms with E-state index in [4.69, 9.17) is 40.7 Å². The summed E-state index contributed by atoms with van der Waals surface area (Å²) in [7, 11) is 0. The third-order valence-corrected chi connectivity index (χ3v) is 8.87. The average molecular weight is 648 g/mol. The monoisotopic (exact) mass is 646 g/mol. The van der Waals surface area contributed by atoms with E-state index in [0.717, 1.165) is 34.5 Å². The smallest absolute Gasteiger partial charge is 0.226 e. The van der Waals surface area contributed by atoms with Gasteiger partial charge in [0.05, 0.1) is 34.4 Å². The highest BCUT2D eigenvalue weighted by atomic mass is 35.5. The minimum absolute atomic E-state index is 0.102. The maximum Gasteiger partial charge on any atom is 0.226 e. The number of carbonyl (C=O) groups is 1. The second-order valence-electron chi connectivity index (χ2n) is 10.9. The molecule has 2 atom stereocenters. The molecular formula is C34H36Cl2N6OS. The van der Waals surface area contributed by atoms with Gasteiger partial charge in [-0.1, -0.05) is 85.4 Å². The third kappa shape index (κ3) is 9.06.